The number of benzene rings is 1. The number of halogens is 5. The lowest BCUT2D eigenvalue weighted by Crippen LogP contribution is -2.36. The van der Waals surface area contributed by atoms with E-state index in [2.05, 4.69) is 0 Å². The molecular weight excluding hydrogens is 261 g/mol. The first-order valence-corrected chi connectivity index (χ1v) is 4.72. The highest BCUT2D eigenvalue weighted by Gasteiger charge is 2.21. The van der Waals surface area contributed by atoms with E-state index in [4.69, 9.17) is 5.11 Å². The number of nitrogens with one attached hydrogen (secondary N) is 1. The number of aliphatic hydroxyl groups is 1. The first-order chi connectivity index (χ1) is 8.34. The largest absolute Gasteiger partial charge is 0.385 e. The molecule has 0 radical (unpaired) electrons. The van der Waals surface area contributed by atoms with Crippen molar-refractivity contribution in [3.05, 3.63) is 35.1 Å². The highest BCUT2D eigenvalue weighted by Crippen LogP contribution is 2.15. The van der Waals surface area contributed by atoms with Crippen molar-refractivity contribution in [2.75, 3.05) is 6.54 Å². The van der Waals surface area contributed by atoms with E-state index in [-0.39, 0.29) is 0 Å². The molecule has 0 aliphatic rings. The molecule has 0 heterocycles. The Kier molecular flexibility index (Phi) is 4.60. The van der Waals surface area contributed by atoms with E-state index < -0.39 is 48.0 Å². The molecule has 3 nitrogen and oxygen atoms in total. The molecule has 8 heteroatoms. The molecule has 1 atom stereocenters. The van der Waals surface area contributed by atoms with Crippen LogP contribution in [0, 0.1) is 17.5 Å². The van der Waals surface area contributed by atoms with Gasteiger partial charge in [0.15, 0.2) is 17.5 Å². The van der Waals surface area contributed by atoms with Crippen LogP contribution in [-0.2, 0) is 0 Å². The van der Waals surface area contributed by atoms with Gasteiger partial charge in [-0.2, -0.15) is 0 Å². The van der Waals surface area contributed by atoms with E-state index in [0.29, 0.717) is 12.1 Å². The lowest BCUT2D eigenvalue weighted by molar-refractivity contribution is -0.00272. The Bertz CT molecular complexity index is 452. The molecule has 1 aromatic carbocycles. The van der Waals surface area contributed by atoms with Gasteiger partial charge in [0.1, 0.15) is 6.10 Å². The van der Waals surface area contributed by atoms with Gasteiger partial charge < -0.3 is 10.4 Å². The van der Waals surface area contributed by atoms with Gasteiger partial charge in [0.2, 0.25) is 0 Å². The van der Waals surface area contributed by atoms with E-state index in [1.807, 2.05) is 0 Å². The number of carbonyl (C=O) groups is 1. The van der Waals surface area contributed by atoms with Gasteiger partial charge in [0.25, 0.3) is 12.3 Å². The monoisotopic (exact) mass is 269 g/mol. The molecule has 0 aliphatic carbocycles. The normalized spacial score (nSPS) is 12.6. The molecule has 0 spiro atoms. The van der Waals surface area contributed by atoms with Gasteiger partial charge in [0, 0.05) is 6.54 Å². The fourth-order valence-electron chi connectivity index (χ4n) is 1.08. The van der Waals surface area contributed by atoms with E-state index in [1.54, 1.807) is 5.32 Å². The van der Waals surface area contributed by atoms with Crippen LogP contribution < -0.4 is 5.32 Å². The predicted octanol–water partition coefficient (Wildman–Crippen LogP) is 1.46. The third-order valence-electron chi connectivity index (χ3n) is 2.04. The second-order valence-electron chi connectivity index (χ2n) is 3.33. The average Bonchev–Trinajstić information content (AvgIpc) is 2.32. The summed E-state index contributed by atoms with van der Waals surface area (Å²) in [6.07, 6.45) is -5.21. The molecule has 1 amide bonds. The summed E-state index contributed by atoms with van der Waals surface area (Å²) in [6, 6.07) is 1.19. The molecule has 0 saturated heterocycles. The summed E-state index contributed by atoms with van der Waals surface area (Å²) in [4.78, 5) is 11.3. The number of hydrogen-bond donors (Lipinski definition) is 2. The van der Waals surface area contributed by atoms with Crippen LogP contribution in [0.4, 0.5) is 22.0 Å². The minimum atomic E-state index is -3.08. The van der Waals surface area contributed by atoms with E-state index >= 15 is 0 Å². The van der Waals surface area contributed by atoms with Crippen molar-refractivity contribution in [1.29, 1.82) is 0 Å². The highest BCUT2D eigenvalue weighted by molar-refractivity contribution is 5.94. The standard InChI is InChI=1S/C10H8F5NO2/c11-5-2-1-4(7(12)8(5)13)10(18)16-3-6(17)9(14)15/h1-2,6,9,17H,3H2,(H,16,18). The van der Waals surface area contributed by atoms with Crippen LogP contribution in [0.3, 0.4) is 0 Å². The molecule has 1 rings (SSSR count). The Morgan fingerprint density at radius 2 is 1.83 bits per heavy atom. The van der Waals surface area contributed by atoms with Gasteiger partial charge in [-0.15, -0.1) is 0 Å². The molecule has 100 valence electrons. The Morgan fingerprint density at radius 3 is 2.39 bits per heavy atom. The lowest BCUT2D eigenvalue weighted by Gasteiger charge is -2.11. The summed E-state index contributed by atoms with van der Waals surface area (Å²) < 4.78 is 62.2. The average molecular weight is 269 g/mol. The SMILES string of the molecule is O=C(NCC(O)C(F)F)c1ccc(F)c(F)c1F. The topological polar surface area (TPSA) is 49.3 Å². The number of rotatable bonds is 4. The van der Waals surface area contributed by atoms with Crippen molar-refractivity contribution in [3.8, 4) is 0 Å². The fraction of sp³-hybridized carbons (Fsp3) is 0.300. The van der Waals surface area contributed by atoms with E-state index in [0.717, 1.165) is 0 Å². The van der Waals surface area contributed by atoms with Crippen LogP contribution in [-0.4, -0.2) is 30.1 Å². The molecule has 0 saturated carbocycles. The summed E-state index contributed by atoms with van der Waals surface area (Å²) in [5.74, 6) is -6.26. The number of hydrogen-bond acceptors (Lipinski definition) is 2. The van der Waals surface area contributed by atoms with Gasteiger partial charge >= 0.3 is 0 Å². The zero-order valence-electron chi connectivity index (χ0n) is 8.76. The van der Waals surface area contributed by atoms with Gasteiger partial charge in [-0.25, -0.2) is 22.0 Å². The number of carbonyl (C=O) groups excluding carboxylic acids is 1. The van der Waals surface area contributed by atoms with Gasteiger partial charge in [0.05, 0.1) is 5.56 Å². The van der Waals surface area contributed by atoms with Crippen molar-refractivity contribution in [2.45, 2.75) is 12.5 Å². The van der Waals surface area contributed by atoms with Gasteiger partial charge in [-0.05, 0) is 12.1 Å². The minimum absolute atomic E-state index is 0.525. The summed E-state index contributed by atoms with van der Waals surface area (Å²) in [6.45, 7) is -0.838. The second-order valence-corrected chi connectivity index (χ2v) is 3.33. The van der Waals surface area contributed by atoms with Crippen LogP contribution in [0.15, 0.2) is 12.1 Å². The molecule has 2 N–H and O–H groups in total. The van der Waals surface area contributed by atoms with Gasteiger partial charge in [-0.3, -0.25) is 4.79 Å². The smallest absolute Gasteiger partial charge is 0.265 e. The first kappa shape index (κ1) is 14.4. The number of alkyl halides is 2. The molecule has 18 heavy (non-hydrogen) atoms. The summed E-state index contributed by atoms with van der Waals surface area (Å²) in [5, 5.41) is 10.5. The molecule has 1 aromatic rings. The predicted molar refractivity (Wildman–Crippen MR) is 50.7 cm³/mol. The van der Waals surface area contributed by atoms with Gasteiger partial charge in [-0.1, -0.05) is 0 Å². The van der Waals surface area contributed by atoms with Crippen LogP contribution in [0.1, 0.15) is 10.4 Å². The van der Waals surface area contributed by atoms with Crippen LogP contribution in [0.2, 0.25) is 0 Å². The summed E-state index contributed by atoms with van der Waals surface area (Å²) >= 11 is 0. The maximum atomic E-state index is 13.1. The van der Waals surface area contributed by atoms with E-state index in [1.165, 1.54) is 0 Å². The highest BCUT2D eigenvalue weighted by atomic mass is 19.3. The third-order valence-corrected chi connectivity index (χ3v) is 2.04. The van der Waals surface area contributed by atoms with Crippen molar-refractivity contribution < 1.29 is 31.9 Å². The maximum absolute atomic E-state index is 13.1. The zero-order chi connectivity index (χ0) is 13.9. The molecular formula is C10H8F5NO2. The quantitative estimate of drug-likeness (QED) is 0.642. The zero-order valence-corrected chi connectivity index (χ0v) is 8.76. The molecule has 0 fully saturated rings. The first-order valence-electron chi connectivity index (χ1n) is 4.72. The van der Waals surface area contributed by atoms with Crippen molar-refractivity contribution in [3.63, 3.8) is 0 Å². The maximum Gasteiger partial charge on any atom is 0.265 e. The molecule has 0 aromatic heterocycles. The Balaban J connectivity index is 2.77. The number of aliphatic hydroxyl groups excluding tert-OH is 1. The van der Waals surface area contributed by atoms with Crippen molar-refractivity contribution in [2.24, 2.45) is 0 Å². The Labute approximate surface area is 98.2 Å². The second kappa shape index (κ2) is 5.76. The van der Waals surface area contributed by atoms with Crippen LogP contribution >= 0.6 is 0 Å². The number of amides is 1. The summed E-state index contributed by atoms with van der Waals surface area (Å²) in [5.41, 5.74) is -0.838. The molecule has 0 bridgehead atoms. The van der Waals surface area contributed by atoms with E-state index in [9.17, 15) is 26.7 Å². The van der Waals surface area contributed by atoms with Crippen LogP contribution in [0.5, 0.6) is 0 Å². The molecule has 1 unspecified atom stereocenters. The third kappa shape index (κ3) is 3.16. The Morgan fingerprint density at radius 1 is 1.22 bits per heavy atom. The lowest BCUT2D eigenvalue weighted by atomic mass is 10.2. The summed E-state index contributed by atoms with van der Waals surface area (Å²) in [7, 11) is 0. The Hall–Kier alpha value is -1.70. The minimum Gasteiger partial charge on any atom is -0.385 e. The molecule has 0 aliphatic heterocycles. The van der Waals surface area contributed by atoms with Crippen molar-refractivity contribution >= 4 is 5.91 Å². The van der Waals surface area contributed by atoms with Crippen LogP contribution in [0.25, 0.3) is 0 Å². The van der Waals surface area contributed by atoms with Crippen molar-refractivity contribution in [1.82, 2.24) is 5.32 Å². The fourth-order valence-corrected chi connectivity index (χ4v) is 1.08.